The van der Waals surface area contributed by atoms with Crippen molar-refractivity contribution in [1.82, 2.24) is 0 Å². The zero-order chi connectivity index (χ0) is 8.97. The summed E-state index contributed by atoms with van der Waals surface area (Å²) < 4.78 is 0. The van der Waals surface area contributed by atoms with Gasteiger partial charge in [-0.15, -0.1) is 0 Å². The normalized spacial score (nSPS) is 10.8. The van der Waals surface area contributed by atoms with Gasteiger partial charge in [-0.05, 0) is 12.1 Å². The van der Waals surface area contributed by atoms with Crippen LogP contribution in [0.15, 0.2) is 18.2 Å². The molecule has 1 aromatic heterocycles. The SMILES string of the molecule is O=[N+]([O-])c1ccc(C=CCO)s1. The molecule has 64 valence electrons. The minimum absolute atomic E-state index is 0.0499. The fourth-order valence-electron chi connectivity index (χ4n) is 0.699. The van der Waals surface area contributed by atoms with Crippen LogP contribution in [0.1, 0.15) is 4.88 Å². The number of hydrogen-bond donors (Lipinski definition) is 1. The molecule has 0 radical (unpaired) electrons. The van der Waals surface area contributed by atoms with Crippen LogP contribution in [-0.2, 0) is 0 Å². The summed E-state index contributed by atoms with van der Waals surface area (Å²) in [6.07, 6.45) is 3.19. The Morgan fingerprint density at radius 2 is 2.42 bits per heavy atom. The van der Waals surface area contributed by atoms with E-state index in [0.29, 0.717) is 0 Å². The summed E-state index contributed by atoms with van der Waals surface area (Å²) in [5.74, 6) is 0. The van der Waals surface area contributed by atoms with Crippen LogP contribution in [0.25, 0.3) is 6.08 Å². The highest BCUT2D eigenvalue weighted by Crippen LogP contribution is 2.24. The summed E-state index contributed by atoms with van der Waals surface area (Å²) in [6.45, 7) is -0.0499. The summed E-state index contributed by atoms with van der Waals surface area (Å²) in [7, 11) is 0. The summed E-state index contributed by atoms with van der Waals surface area (Å²) in [5, 5.41) is 18.8. The molecule has 0 atom stereocenters. The molecule has 0 saturated carbocycles. The highest BCUT2D eigenvalue weighted by molar-refractivity contribution is 7.16. The van der Waals surface area contributed by atoms with E-state index in [-0.39, 0.29) is 11.6 Å². The third-order valence-electron chi connectivity index (χ3n) is 1.18. The average Bonchev–Trinajstić information content (AvgIpc) is 2.48. The highest BCUT2D eigenvalue weighted by atomic mass is 32.1. The lowest BCUT2D eigenvalue weighted by Gasteiger charge is -1.81. The first kappa shape index (κ1) is 8.89. The first-order valence-corrected chi connectivity index (χ1v) is 4.07. The van der Waals surface area contributed by atoms with Crippen molar-refractivity contribution in [2.75, 3.05) is 6.61 Å². The first-order valence-electron chi connectivity index (χ1n) is 3.25. The number of nitro groups is 1. The van der Waals surface area contributed by atoms with Gasteiger partial charge in [0.15, 0.2) is 0 Å². The maximum absolute atomic E-state index is 10.2. The van der Waals surface area contributed by atoms with Crippen molar-refractivity contribution in [3.63, 3.8) is 0 Å². The average molecular weight is 185 g/mol. The van der Waals surface area contributed by atoms with E-state index in [9.17, 15) is 10.1 Å². The molecule has 0 amide bonds. The third-order valence-corrected chi connectivity index (χ3v) is 2.18. The molecule has 1 aromatic rings. The van der Waals surface area contributed by atoms with Crippen molar-refractivity contribution in [2.24, 2.45) is 0 Å². The van der Waals surface area contributed by atoms with E-state index in [1.54, 1.807) is 12.1 Å². The van der Waals surface area contributed by atoms with Gasteiger partial charge in [0.1, 0.15) is 0 Å². The molecule has 0 saturated heterocycles. The van der Waals surface area contributed by atoms with Crippen molar-refractivity contribution < 1.29 is 10.0 Å². The van der Waals surface area contributed by atoms with E-state index in [1.165, 1.54) is 12.1 Å². The quantitative estimate of drug-likeness (QED) is 0.575. The summed E-state index contributed by atoms with van der Waals surface area (Å²) in [4.78, 5) is 10.6. The molecule has 5 heteroatoms. The molecule has 0 fully saturated rings. The van der Waals surface area contributed by atoms with Gasteiger partial charge in [0.05, 0.1) is 11.5 Å². The van der Waals surface area contributed by atoms with Crippen LogP contribution in [0.2, 0.25) is 0 Å². The predicted octanol–water partition coefficient (Wildman–Crippen LogP) is 1.66. The summed E-state index contributed by atoms with van der Waals surface area (Å²) in [6, 6.07) is 3.09. The molecule has 0 aliphatic heterocycles. The lowest BCUT2D eigenvalue weighted by atomic mass is 10.4. The van der Waals surface area contributed by atoms with Crippen molar-refractivity contribution in [3.05, 3.63) is 33.2 Å². The molecule has 0 aliphatic rings. The van der Waals surface area contributed by atoms with Gasteiger partial charge in [-0.1, -0.05) is 17.4 Å². The van der Waals surface area contributed by atoms with Gasteiger partial charge in [0.25, 0.3) is 0 Å². The second kappa shape index (κ2) is 3.99. The van der Waals surface area contributed by atoms with Gasteiger partial charge in [-0.25, -0.2) is 0 Å². The molecule has 1 rings (SSSR count). The third kappa shape index (κ3) is 2.14. The Bertz CT molecular complexity index is 305. The van der Waals surface area contributed by atoms with Crippen LogP contribution >= 0.6 is 11.3 Å². The minimum Gasteiger partial charge on any atom is -0.392 e. The molecule has 0 spiro atoms. The number of aliphatic hydroxyl groups is 1. The molecule has 12 heavy (non-hydrogen) atoms. The zero-order valence-electron chi connectivity index (χ0n) is 6.14. The fourth-order valence-corrected chi connectivity index (χ4v) is 1.45. The Labute approximate surface area is 72.9 Å². The molecular formula is C7H7NO3S. The number of thiophene rings is 1. The standard InChI is InChI=1S/C7H7NO3S/c9-5-1-2-6-3-4-7(12-6)8(10)11/h1-4,9H,5H2. The van der Waals surface area contributed by atoms with Crippen LogP contribution in [0.5, 0.6) is 0 Å². The zero-order valence-corrected chi connectivity index (χ0v) is 6.95. The lowest BCUT2D eigenvalue weighted by Crippen LogP contribution is -1.80. The number of hydrogen-bond acceptors (Lipinski definition) is 4. The first-order chi connectivity index (χ1) is 5.74. The van der Waals surface area contributed by atoms with Gasteiger partial charge >= 0.3 is 5.00 Å². The largest absolute Gasteiger partial charge is 0.392 e. The van der Waals surface area contributed by atoms with E-state index < -0.39 is 4.92 Å². The Balaban J connectivity index is 2.77. The van der Waals surface area contributed by atoms with Crippen molar-refractivity contribution in [1.29, 1.82) is 0 Å². The number of nitrogens with zero attached hydrogens (tertiary/aromatic N) is 1. The van der Waals surface area contributed by atoms with E-state index in [1.807, 2.05) is 0 Å². The molecule has 0 aliphatic carbocycles. The van der Waals surface area contributed by atoms with Gasteiger partial charge < -0.3 is 5.11 Å². The molecule has 0 unspecified atom stereocenters. The Morgan fingerprint density at radius 1 is 1.67 bits per heavy atom. The molecule has 4 nitrogen and oxygen atoms in total. The maximum atomic E-state index is 10.2. The van der Waals surface area contributed by atoms with Crippen LogP contribution in [0.4, 0.5) is 5.00 Å². The Morgan fingerprint density at radius 3 is 2.92 bits per heavy atom. The van der Waals surface area contributed by atoms with Gasteiger partial charge in [-0.2, -0.15) is 0 Å². The molecular weight excluding hydrogens is 178 g/mol. The number of rotatable bonds is 3. The van der Waals surface area contributed by atoms with Gasteiger partial charge in [0.2, 0.25) is 0 Å². The van der Waals surface area contributed by atoms with Crippen LogP contribution in [0, 0.1) is 10.1 Å². The number of aliphatic hydroxyl groups excluding tert-OH is 1. The summed E-state index contributed by atoms with van der Waals surface area (Å²) >= 11 is 1.08. The van der Waals surface area contributed by atoms with E-state index >= 15 is 0 Å². The fraction of sp³-hybridized carbons (Fsp3) is 0.143. The highest BCUT2D eigenvalue weighted by Gasteiger charge is 2.06. The van der Waals surface area contributed by atoms with Crippen LogP contribution in [0.3, 0.4) is 0 Å². The van der Waals surface area contributed by atoms with Crippen LogP contribution < -0.4 is 0 Å². The van der Waals surface area contributed by atoms with Gasteiger partial charge in [0, 0.05) is 10.9 Å². The maximum Gasteiger partial charge on any atom is 0.324 e. The Hall–Kier alpha value is -1.20. The molecule has 1 N–H and O–H groups in total. The second-order valence-electron chi connectivity index (χ2n) is 2.02. The minimum atomic E-state index is -0.430. The smallest absolute Gasteiger partial charge is 0.324 e. The van der Waals surface area contributed by atoms with Crippen LogP contribution in [-0.4, -0.2) is 16.6 Å². The summed E-state index contributed by atoms with van der Waals surface area (Å²) in [5.41, 5.74) is 0. The lowest BCUT2D eigenvalue weighted by molar-refractivity contribution is -0.380. The van der Waals surface area contributed by atoms with Gasteiger partial charge in [-0.3, -0.25) is 10.1 Å². The van der Waals surface area contributed by atoms with Crippen molar-refractivity contribution in [3.8, 4) is 0 Å². The molecule has 1 heterocycles. The van der Waals surface area contributed by atoms with E-state index in [4.69, 9.17) is 5.11 Å². The van der Waals surface area contributed by atoms with E-state index in [2.05, 4.69) is 0 Å². The predicted molar refractivity (Wildman–Crippen MR) is 47.1 cm³/mol. The van der Waals surface area contributed by atoms with E-state index in [0.717, 1.165) is 16.2 Å². The Kier molecular flexibility index (Phi) is 2.95. The second-order valence-corrected chi connectivity index (χ2v) is 3.11. The topological polar surface area (TPSA) is 63.4 Å². The monoisotopic (exact) mass is 185 g/mol. The molecule has 0 aromatic carbocycles. The molecule has 0 bridgehead atoms. The van der Waals surface area contributed by atoms with Crippen molar-refractivity contribution in [2.45, 2.75) is 0 Å². The van der Waals surface area contributed by atoms with Crippen molar-refractivity contribution >= 4 is 22.4 Å².